The van der Waals surface area contributed by atoms with Crippen LogP contribution in [0.1, 0.15) is 25.8 Å². The molecule has 0 saturated carbocycles. The van der Waals surface area contributed by atoms with E-state index in [2.05, 4.69) is 5.32 Å². The van der Waals surface area contributed by atoms with Crippen LogP contribution in [0.3, 0.4) is 0 Å². The molecule has 0 spiro atoms. The number of amides is 2. The van der Waals surface area contributed by atoms with Crippen LogP contribution in [0.25, 0.3) is 0 Å². The van der Waals surface area contributed by atoms with Gasteiger partial charge in [0.05, 0.1) is 10.6 Å². The van der Waals surface area contributed by atoms with Gasteiger partial charge in [0, 0.05) is 18.1 Å². The molecular weight excluding hydrogens is 517 g/mol. The fourth-order valence-corrected chi connectivity index (χ4v) is 5.39. The van der Waals surface area contributed by atoms with E-state index in [-0.39, 0.29) is 23.0 Å². The third kappa shape index (κ3) is 7.08. The number of anilines is 1. The van der Waals surface area contributed by atoms with Gasteiger partial charge in [0.2, 0.25) is 11.8 Å². The SMILES string of the molecule is CCNC(=O)[C@H](CC)N(Cc1ccc(Cl)cc1)C(=O)CN(c1ccccc1)S(=O)(=O)c1ccc(F)cc1. The molecule has 3 rings (SSSR count). The van der Waals surface area contributed by atoms with Crippen molar-refractivity contribution in [2.75, 3.05) is 17.4 Å². The van der Waals surface area contributed by atoms with Gasteiger partial charge in [-0.25, -0.2) is 12.8 Å². The van der Waals surface area contributed by atoms with Crippen molar-refractivity contribution in [2.24, 2.45) is 0 Å². The first-order valence-corrected chi connectivity index (χ1v) is 13.6. The van der Waals surface area contributed by atoms with E-state index >= 15 is 0 Å². The topological polar surface area (TPSA) is 86.8 Å². The van der Waals surface area contributed by atoms with E-state index in [1.165, 1.54) is 4.90 Å². The number of carbonyl (C=O) groups is 2. The molecule has 37 heavy (non-hydrogen) atoms. The highest BCUT2D eigenvalue weighted by molar-refractivity contribution is 7.92. The largest absolute Gasteiger partial charge is 0.355 e. The lowest BCUT2D eigenvalue weighted by molar-refractivity contribution is -0.140. The Kier molecular flexibility index (Phi) is 9.66. The van der Waals surface area contributed by atoms with Crippen molar-refractivity contribution in [3.05, 3.63) is 95.3 Å². The van der Waals surface area contributed by atoms with E-state index in [0.717, 1.165) is 34.1 Å². The minimum Gasteiger partial charge on any atom is -0.355 e. The van der Waals surface area contributed by atoms with Gasteiger partial charge in [-0.3, -0.25) is 13.9 Å². The molecule has 0 aliphatic heterocycles. The number of rotatable bonds is 11. The molecule has 2 amide bonds. The highest BCUT2D eigenvalue weighted by Crippen LogP contribution is 2.25. The smallest absolute Gasteiger partial charge is 0.264 e. The lowest BCUT2D eigenvalue weighted by atomic mass is 10.1. The minimum atomic E-state index is -4.24. The quantitative estimate of drug-likeness (QED) is 0.381. The van der Waals surface area contributed by atoms with Crippen molar-refractivity contribution < 1.29 is 22.4 Å². The monoisotopic (exact) mass is 545 g/mol. The van der Waals surface area contributed by atoms with Crippen LogP contribution < -0.4 is 9.62 Å². The second-order valence-corrected chi connectivity index (χ2v) is 10.6. The molecule has 1 atom stereocenters. The maximum Gasteiger partial charge on any atom is 0.264 e. The summed E-state index contributed by atoms with van der Waals surface area (Å²) in [5, 5.41) is 3.28. The Hall–Kier alpha value is -3.43. The molecule has 0 aromatic heterocycles. The molecule has 0 radical (unpaired) electrons. The summed E-state index contributed by atoms with van der Waals surface area (Å²) in [5.74, 6) is -1.48. The summed E-state index contributed by atoms with van der Waals surface area (Å²) in [5.41, 5.74) is 0.992. The normalized spacial score (nSPS) is 12.0. The summed E-state index contributed by atoms with van der Waals surface area (Å²) >= 11 is 6.01. The lowest BCUT2D eigenvalue weighted by Crippen LogP contribution is -2.52. The fraction of sp³-hybridized carbons (Fsp3) is 0.259. The van der Waals surface area contributed by atoms with Crippen LogP contribution in [0.2, 0.25) is 5.02 Å². The van der Waals surface area contributed by atoms with Crippen LogP contribution in [-0.4, -0.2) is 44.3 Å². The number of hydrogen-bond acceptors (Lipinski definition) is 4. The highest BCUT2D eigenvalue weighted by atomic mass is 35.5. The van der Waals surface area contributed by atoms with Crippen molar-refractivity contribution in [2.45, 2.75) is 37.8 Å². The highest BCUT2D eigenvalue weighted by Gasteiger charge is 2.33. The number of sulfonamides is 1. The summed E-state index contributed by atoms with van der Waals surface area (Å²) in [6.07, 6.45) is 0.321. The Morgan fingerprint density at radius 2 is 1.57 bits per heavy atom. The first kappa shape index (κ1) is 28.1. The second kappa shape index (κ2) is 12.7. The standard InChI is InChI=1S/C27H29ClFN3O4S/c1-3-25(27(34)30-4-2)31(18-20-10-12-21(28)13-11-20)26(33)19-32(23-8-6-5-7-9-23)37(35,36)24-16-14-22(29)15-17-24/h5-17,25H,3-4,18-19H2,1-2H3,(H,30,34)/t25-/m0/s1. The zero-order valence-corrected chi connectivity index (χ0v) is 22.2. The van der Waals surface area contributed by atoms with E-state index in [1.807, 2.05) is 0 Å². The predicted molar refractivity (Wildman–Crippen MR) is 142 cm³/mol. The predicted octanol–water partition coefficient (Wildman–Crippen LogP) is 4.62. The van der Waals surface area contributed by atoms with Crippen LogP contribution in [-0.2, 0) is 26.2 Å². The van der Waals surface area contributed by atoms with Gasteiger partial charge in [-0.05, 0) is 67.4 Å². The zero-order valence-electron chi connectivity index (χ0n) is 20.6. The fourth-order valence-electron chi connectivity index (χ4n) is 3.85. The third-order valence-electron chi connectivity index (χ3n) is 5.73. The van der Waals surface area contributed by atoms with Gasteiger partial charge in [0.1, 0.15) is 18.4 Å². The Bertz CT molecular complexity index is 1300. The van der Waals surface area contributed by atoms with Crippen LogP contribution in [0, 0.1) is 5.82 Å². The number of para-hydroxylation sites is 1. The Morgan fingerprint density at radius 1 is 0.946 bits per heavy atom. The Morgan fingerprint density at radius 3 is 2.14 bits per heavy atom. The van der Waals surface area contributed by atoms with Crippen LogP contribution in [0.15, 0.2) is 83.8 Å². The number of likely N-dealkylation sites (N-methyl/N-ethyl adjacent to an activating group) is 1. The van der Waals surface area contributed by atoms with Gasteiger partial charge in [-0.2, -0.15) is 0 Å². The van der Waals surface area contributed by atoms with Crippen LogP contribution in [0.5, 0.6) is 0 Å². The minimum absolute atomic E-state index is 0.0743. The molecular formula is C27H29ClFN3O4S. The van der Waals surface area contributed by atoms with Gasteiger partial charge in [0.25, 0.3) is 10.0 Å². The van der Waals surface area contributed by atoms with E-state index in [4.69, 9.17) is 11.6 Å². The van der Waals surface area contributed by atoms with Crippen molar-refractivity contribution >= 4 is 39.1 Å². The molecule has 0 fully saturated rings. The Balaban J connectivity index is 2.02. The summed E-state index contributed by atoms with van der Waals surface area (Å²) < 4.78 is 41.7. The average Bonchev–Trinajstić information content (AvgIpc) is 2.89. The van der Waals surface area contributed by atoms with E-state index in [9.17, 15) is 22.4 Å². The molecule has 3 aromatic rings. The third-order valence-corrected chi connectivity index (χ3v) is 7.77. The van der Waals surface area contributed by atoms with E-state index < -0.39 is 34.3 Å². The molecule has 0 aliphatic carbocycles. The van der Waals surface area contributed by atoms with Gasteiger partial charge < -0.3 is 10.2 Å². The summed E-state index contributed by atoms with van der Waals surface area (Å²) in [7, 11) is -4.24. The maximum atomic E-state index is 13.8. The number of carbonyl (C=O) groups excluding carboxylic acids is 2. The van der Waals surface area contributed by atoms with Gasteiger partial charge in [-0.15, -0.1) is 0 Å². The van der Waals surface area contributed by atoms with Crippen molar-refractivity contribution in [3.8, 4) is 0 Å². The molecule has 196 valence electrons. The molecule has 7 nitrogen and oxygen atoms in total. The van der Waals surface area contributed by atoms with E-state index in [0.29, 0.717) is 18.0 Å². The maximum absolute atomic E-state index is 13.8. The number of nitrogens with zero attached hydrogens (tertiary/aromatic N) is 2. The summed E-state index contributed by atoms with van der Waals surface area (Å²) in [4.78, 5) is 27.9. The molecule has 0 saturated heterocycles. The first-order chi connectivity index (χ1) is 17.7. The molecule has 0 heterocycles. The zero-order chi connectivity index (χ0) is 27.0. The molecule has 0 bridgehead atoms. The molecule has 0 unspecified atom stereocenters. The molecule has 0 aliphatic rings. The Labute approximate surface area is 221 Å². The number of benzene rings is 3. The number of nitrogens with one attached hydrogen (secondary N) is 1. The van der Waals surface area contributed by atoms with Gasteiger partial charge in [0.15, 0.2) is 0 Å². The van der Waals surface area contributed by atoms with Crippen molar-refractivity contribution in [3.63, 3.8) is 0 Å². The average molecular weight is 546 g/mol. The summed E-state index contributed by atoms with van der Waals surface area (Å²) in [6.45, 7) is 3.46. The second-order valence-electron chi connectivity index (χ2n) is 8.27. The molecule has 3 aromatic carbocycles. The number of hydrogen-bond donors (Lipinski definition) is 1. The van der Waals surface area contributed by atoms with Crippen LogP contribution >= 0.6 is 11.6 Å². The lowest BCUT2D eigenvalue weighted by Gasteiger charge is -2.33. The van der Waals surface area contributed by atoms with Crippen molar-refractivity contribution in [1.82, 2.24) is 10.2 Å². The van der Waals surface area contributed by atoms with Crippen LogP contribution in [0.4, 0.5) is 10.1 Å². The number of halogens is 2. The molecule has 1 N–H and O–H groups in total. The van der Waals surface area contributed by atoms with Gasteiger partial charge in [-0.1, -0.05) is 48.9 Å². The summed E-state index contributed by atoms with van der Waals surface area (Å²) in [6, 6.07) is 18.6. The van der Waals surface area contributed by atoms with Crippen molar-refractivity contribution in [1.29, 1.82) is 0 Å². The first-order valence-electron chi connectivity index (χ1n) is 11.8. The van der Waals surface area contributed by atoms with Gasteiger partial charge >= 0.3 is 0 Å². The molecule has 10 heteroatoms. The van der Waals surface area contributed by atoms with E-state index in [1.54, 1.807) is 68.4 Å².